The molecule has 5 rings (SSSR count). The maximum absolute atomic E-state index is 4.70. The molecule has 0 aliphatic carbocycles. The van der Waals surface area contributed by atoms with Gasteiger partial charge in [0.1, 0.15) is 0 Å². The smallest absolute Gasteiger partial charge is 0.178 e. The molecule has 0 radical (unpaired) electrons. The second-order valence-electron chi connectivity index (χ2n) is 6.74. The molecule has 0 bridgehead atoms. The Labute approximate surface area is 155 Å². The Hall–Kier alpha value is -3.20. The van der Waals surface area contributed by atoms with Crippen LogP contribution in [0.1, 0.15) is 30.3 Å². The van der Waals surface area contributed by atoms with Gasteiger partial charge in [0.05, 0.1) is 5.69 Å². The summed E-state index contributed by atoms with van der Waals surface area (Å²) in [4.78, 5) is 2.41. The van der Waals surface area contributed by atoms with Crippen LogP contribution in [0.3, 0.4) is 0 Å². The zero-order valence-corrected chi connectivity index (χ0v) is 14.8. The van der Waals surface area contributed by atoms with Crippen LogP contribution in [-0.2, 0) is 6.54 Å². The predicted octanol–water partition coefficient (Wildman–Crippen LogP) is 1.48. The van der Waals surface area contributed by atoms with E-state index in [-0.39, 0.29) is 0 Å². The lowest BCUT2D eigenvalue weighted by molar-refractivity contribution is 0.198. The normalized spacial score (nSPS) is 16.1. The van der Waals surface area contributed by atoms with Crippen LogP contribution in [0.2, 0.25) is 0 Å². The summed E-state index contributed by atoms with van der Waals surface area (Å²) in [5.41, 5.74) is 1.78. The monoisotopic (exact) mass is 361 g/mol. The van der Waals surface area contributed by atoms with Crippen LogP contribution in [0, 0.1) is 0 Å². The van der Waals surface area contributed by atoms with Crippen molar-refractivity contribution in [2.75, 3.05) is 13.1 Å². The minimum absolute atomic E-state index is 0.346. The van der Waals surface area contributed by atoms with Gasteiger partial charge in [-0.05, 0) is 56.3 Å². The highest BCUT2D eigenvalue weighted by atomic mass is 15.4. The van der Waals surface area contributed by atoms with Crippen LogP contribution >= 0.6 is 0 Å². The number of likely N-dealkylation sites (tertiary alicyclic amines) is 1. The summed E-state index contributed by atoms with van der Waals surface area (Å²) in [6.07, 6.45) is 7.37. The van der Waals surface area contributed by atoms with Crippen molar-refractivity contribution in [3.05, 3.63) is 60.4 Å². The first-order chi connectivity index (χ1) is 13.4. The van der Waals surface area contributed by atoms with E-state index in [4.69, 9.17) is 5.10 Å². The van der Waals surface area contributed by atoms with Gasteiger partial charge in [0.15, 0.2) is 17.3 Å². The summed E-state index contributed by atoms with van der Waals surface area (Å²) in [5.74, 6) is 2.03. The van der Waals surface area contributed by atoms with E-state index >= 15 is 0 Å². The SMILES string of the molecule is c1cnnc(CN2CCC(c3nnc4ccc(-n5cccn5)nn34)CC2)c1. The fourth-order valence-electron chi connectivity index (χ4n) is 3.57. The third-order valence-corrected chi connectivity index (χ3v) is 4.98. The molecule has 0 unspecified atom stereocenters. The van der Waals surface area contributed by atoms with Gasteiger partial charge >= 0.3 is 0 Å². The standard InChI is InChI=1S/C18H19N9/c1-3-15(21-19-8-1)13-25-11-6-14(7-12-25)18-23-22-16-4-5-17(24-27(16)18)26-10-2-9-20-26/h1-5,8-10,14H,6-7,11-13H2. The van der Waals surface area contributed by atoms with Gasteiger partial charge in [0, 0.05) is 31.1 Å². The maximum Gasteiger partial charge on any atom is 0.178 e. The lowest BCUT2D eigenvalue weighted by Gasteiger charge is -2.30. The highest BCUT2D eigenvalue weighted by molar-refractivity contribution is 5.39. The second kappa shape index (κ2) is 6.84. The molecule has 1 aliphatic rings. The van der Waals surface area contributed by atoms with Gasteiger partial charge in [-0.1, -0.05) is 0 Å². The molecule has 5 heterocycles. The number of piperidine rings is 1. The van der Waals surface area contributed by atoms with E-state index in [0.717, 1.165) is 55.5 Å². The molecule has 0 aromatic carbocycles. The van der Waals surface area contributed by atoms with Crippen LogP contribution in [-0.4, -0.2) is 57.8 Å². The fourth-order valence-corrected chi connectivity index (χ4v) is 3.57. The molecule has 0 spiro atoms. The molecule has 0 N–H and O–H groups in total. The largest absolute Gasteiger partial charge is 0.297 e. The van der Waals surface area contributed by atoms with Crippen molar-refractivity contribution in [3.8, 4) is 5.82 Å². The summed E-state index contributed by atoms with van der Waals surface area (Å²) in [7, 11) is 0. The Morgan fingerprint density at radius 1 is 0.963 bits per heavy atom. The molecule has 0 saturated carbocycles. The van der Waals surface area contributed by atoms with Crippen molar-refractivity contribution < 1.29 is 0 Å². The number of hydrogen-bond acceptors (Lipinski definition) is 7. The maximum atomic E-state index is 4.70. The van der Waals surface area contributed by atoms with Crippen LogP contribution in [0.15, 0.2) is 48.9 Å². The summed E-state index contributed by atoms with van der Waals surface area (Å²) in [6, 6.07) is 9.67. The van der Waals surface area contributed by atoms with Crippen molar-refractivity contribution in [1.29, 1.82) is 0 Å². The Kier molecular flexibility index (Phi) is 4.06. The third-order valence-electron chi connectivity index (χ3n) is 4.98. The Balaban J connectivity index is 1.33. The topological polar surface area (TPSA) is 89.9 Å². The first-order valence-corrected chi connectivity index (χ1v) is 9.08. The second-order valence-corrected chi connectivity index (χ2v) is 6.74. The van der Waals surface area contributed by atoms with Crippen molar-refractivity contribution in [2.45, 2.75) is 25.3 Å². The van der Waals surface area contributed by atoms with Gasteiger partial charge in [0.2, 0.25) is 0 Å². The van der Waals surface area contributed by atoms with Crippen molar-refractivity contribution in [1.82, 2.24) is 44.7 Å². The third kappa shape index (κ3) is 3.17. The zero-order chi connectivity index (χ0) is 18.1. The van der Waals surface area contributed by atoms with Crippen LogP contribution in [0.25, 0.3) is 11.5 Å². The van der Waals surface area contributed by atoms with Gasteiger partial charge in [-0.3, -0.25) is 4.90 Å². The van der Waals surface area contributed by atoms with E-state index in [1.165, 1.54) is 0 Å². The molecule has 1 aliphatic heterocycles. The van der Waals surface area contributed by atoms with E-state index in [9.17, 15) is 0 Å². The van der Waals surface area contributed by atoms with Gasteiger partial charge in [-0.15, -0.1) is 15.3 Å². The molecule has 1 saturated heterocycles. The van der Waals surface area contributed by atoms with Gasteiger partial charge in [0.25, 0.3) is 0 Å². The van der Waals surface area contributed by atoms with Crippen molar-refractivity contribution in [2.24, 2.45) is 0 Å². The molecule has 0 atom stereocenters. The van der Waals surface area contributed by atoms with Crippen LogP contribution in [0.5, 0.6) is 0 Å². The average molecular weight is 361 g/mol. The lowest BCUT2D eigenvalue weighted by Crippen LogP contribution is -2.33. The predicted molar refractivity (Wildman–Crippen MR) is 97.2 cm³/mol. The fraction of sp³-hybridized carbons (Fsp3) is 0.333. The van der Waals surface area contributed by atoms with Crippen molar-refractivity contribution >= 4 is 5.65 Å². The molecule has 4 aromatic heterocycles. The molecule has 9 nitrogen and oxygen atoms in total. The molecule has 27 heavy (non-hydrogen) atoms. The highest BCUT2D eigenvalue weighted by Crippen LogP contribution is 2.27. The molecule has 1 fully saturated rings. The average Bonchev–Trinajstić information content (AvgIpc) is 3.39. The van der Waals surface area contributed by atoms with Crippen LogP contribution < -0.4 is 0 Å². The van der Waals surface area contributed by atoms with E-state index < -0.39 is 0 Å². The quantitative estimate of drug-likeness (QED) is 0.544. The minimum Gasteiger partial charge on any atom is -0.297 e. The molecule has 136 valence electrons. The summed E-state index contributed by atoms with van der Waals surface area (Å²) in [6.45, 7) is 2.83. The number of aromatic nitrogens is 8. The Morgan fingerprint density at radius 2 is 1.89 bits per heavy atom. The first kappa shape index (κ1) is 16.0. The Morgan fingerprint density at radius 3 is 2.67 bits per heavy atom. The van der Waals surface area contributed by atoms with Crippen molar-refractivity contribution in [3.63, 3.8) is 0 Å². The summed E-state index contributed by atoms with van der Waals surface area (Å²) >= 11 is 0. The van der Waals surface area contributed by atoms with Gasteiger partial charge in [-0.25, -0.2) is 4.68 Å². The number of fused-ring (bicyclic) bond motifs is 1. The molecule has 9 heteroatoms. The number of hydrogen-bond donors (Lipinski definition) is 0. The lowest BCUT2D eigenvalue weighted by atomic mass is 9.96. The van der Waals surface area contributed by atoms with Gasteiger partial charge in [-0.2, -0.15) is 19.8 Å². The number of rotatable bonds is 4. The van der Waals surface area contributed by atoms with E-state index in [1.807, 2.05) is 41.0 Å². The molecular formula is C18H19N9. The van der Waals surface area contributed by atoms with Crippen LogP contribution in [0.4, 0.5) is 0 Å². The van der Waals surface area contributed by atoms with E-state index in [0.29, 0.717) is 5.92 Å². The highest BCUT2D eigenvalue weighted by Gasteiger charge is 2.25. The zero-order valence-electron chi connectivity index (χ0n) is 14.8. The summed E-state index contributed by atoms with van der Waals surface area (Å²) in [5, 5.41) is 25.8. The summed E-state index contributed by atoms with van der Waals surface area (Å²) < 4.78 is 3.60. The first-order valence-electron chi connectivity index (χ1n) is 9.08. The molecular weight excluding hydrogens is 342 g/mol. The molecule has 0 amide bonds. The number of nitrogens with zero attached hydrogens (tertiary/aromatic N) is 9. The van der Waals surface area contributed by atoms with E-state index in [2.05, 4.69) is 30.4 Å². The van der Waals surface area contributed by atoms with E-state index in [1.54, 1.807) is 17.1 Å². The van der Waals surface area contributed by atoms with Gasteiger partial charge < -0.3 is 0 Å². The minimum atomic E-state index is 0.346. The molecule has 4 aromatic rings. The Bertz CT molecular complexity index is 1020.